The molecule has 0 spiro atoms. The number of hydrogen-bond donors (Lipinski definition) is 2. The Morgan fingerprint density at radius 3 is 2.29 bits per heavy atom. The minimum atomic E-state index is -0.551. The third-order valence-electron chi connectivity index (χ3n) is 5.55. The maximum absolute atomic E-state index is 13.0. The van der Waals surface area contributed by atoms with Gasteiger partial charge in [-0.1, -0.05) is 0 Å². The van der Waals surface area contributed by atoms with Gasteiger partial charge < -0.3 is 25.0 Å². The molecule has 2 rings (SSSR count). The molecule has 2 saturated heterocycles. The molecule has 0 radical (unpaired) electrons. The Labute approximate surface area is 186 Å². The average Bonchev–Trinajstić information content (AvgIpc) is 2.68. The molecule has 31 heavy (non-hydrogen) atoms. The molecule has 2 aliphatic rings. The zero-order valence-electron chi connectivity index (χ0n) is 19.9. The van der Waals surface area contributed by atoms with Gasteiger partial charge in [0.2, 0.25) is 11.8 Å². The van der Waals surface area contributed by atoms with Crippen LogP contribution in [0.15, 0.2) is 0 Å². The van der Waals surface area contributed by atoms with Gasteiger partial charge in [0.05, 0.1) is 24.2 Å². The van der Waals surface area contributed by atoms with Crippen LogP contribution >= 0.6 is 0 Å². The van der Waals surface area contributed by atoms with E-state index in [9.17, 15) is 14.4 Å². The Morgan fingerprint density at radius 2 is 1.68 bits per heavy atom. The number of morpholine rings is 1. The second-order valence-electron chi connectivity index (χ2n) is 9.73. The average molecular weight is 441 g/mol. The molecule has 9 heteroatoms. The summed E-state index contributed by atoms with van der Waals surface area (Å²) in [7, 11) is 0. The highest BCUT2D eigenvalue weighted by Crippen LogP contribution is 2.21. The summed E-state index contributed by atoms with van der Waals surface area (Å²) >= 11 is 0. The molecule has 0 aliphatic carbocycles. The molecular weight excluding hydrogens is 400 g/mol. The van der Waals surface area contributed by atoms with Crippen LogP contribution in [0, 0.1) is 5.92 Å². The quantitative estimate of drug-likeness (QED) is 0.605. The van der Waals surface area contributed by atoms with Crippen LogP contribution < -0.4 is 10.6 Å². The van der Waals surface area contributed by atoms with Gasteiger partial charge in [0.25, 0.3) is 0 Å². The number of carbonyl (C=O) groups excluding carboxylic acids is 3. The van der Waals surface area contributed by atoms with E-state index >= 15 is 0 Å². The van der Waals surface area contributed by atoms with E-state index in [4.69, 9.17) is 9.47 Å². The van der Waals surface area contributed by atoms with Crippen molar-refractivity contribution in [3.63, 3.8) is 0 Å². The van der Waals surface area contributed by atoms with Gasteiger partial charge in [0.1, 0.15) is 5.60 Å². The highest BCUT2D eigenvalue weighted by Gasteiger charge is 2.34. The number of alkyl carbamates (subject to hydrolysis) is 1. The summed E-state index contributed by atoms with van der Waals surface area (Å²) in [5.74, 6) is -0.0957. The summed E-state index contributed by atoms with van der Waals surface area (Å²) in [6.45, 7) is 14.5. The van der Waals surface area contributed by atoms with E-state index in [1.807, 2.05) is 25.7 Å². The lowest BCUT2D eigenvalue weighted by molar-refractivity contribution is -0.149. The number of nitrogens with one attached hydrogen (secondary N) is 2. The van der Waals surface area contributed by atoms with E-state index < -0.39 is 11.7 Å². The molecule has 178 valence electrons. The Morgan fingerprint density at radius 1 is 1.06 bits per heavy atom. The summed E-state index contributed by atoms with van der Waals surface area (Å²) in [4.78, 5) is 41.3. The van der Waals surface area contributed by atoms with Gasteiger partial charge in [0, 0.05) is 32.7 Å². The number of hydrogen-bond acceptors (Lipinski definition) is 6. The van der Waals surface area contributed by atoms with Crippen LogP contribution in [0.2, 0.25) is 0 Å². The first-order valence-electron chi connectivity index (χ1n) is 11.4. The molecule has 3 amide bonds. The monoisotopic (exact) mass is 440 g/mol. The summed E-state index contributed by atoms with van der Waals surface area (Å²) in [6.07, 6.45) is 1.25. The highest BCUT2D eigenvalue weighted by atomic mass is 16.6. The van der Waals surface area contributed by atoms with Crippen LogP contribution in [-0.4, -0.2) is 90.8 Å². The maximum Gasteiger partial charge on any atom is 0.407 e. The zero-order valence-corrected chi connectivity index (χ0v) is 19.9. The Hall–Kier alpha value is -1.87. The number of nitrogens with zero attached hydrogens (tertiary/aromatic N) is 2. The van der Waals surface area contributed by atoms with Crippen LogP contribution in [0.5, 0.6) is 0 Å². The van der Waals surface area contributed by atoms with Crippen molar-refractivity contribution >= 4 is 17.9 Å². The summed E-state index contributed by atoms with van der Waals surface area (Å²) in [5, 5.41) is 5.52. The second kappa shape index (κ2) is 11.1. The Balaban J connectivity index is 1.77. The molecule has 0 aromatic heterocycles. The van der Waals surface area contributed by atoms with Gasteiger partial charge >= 0.3 is 6.09 Å². The summed E-state index contributed by atoms with van der Waals surface area (Å²) in [5.41, 5.74) is -0.551. The van der Waals surface area contributed by atoms with Crippen molar-refractivity contribution in [1.29, 1.82) is 0 Å². The van der Waals surface area contributed by atoms with Crippen molar-refractivity contribution in [2.45, 2.75) is 78.2 Å². The van der Waals surface area contributed by atoms with Crippen LogP contribution in [0.1, 0.15) is 54.4 Å². The zero-order chi connectivity index (χ0) is 23.2. The van der Waals surface area contributed by atoms with E-state index in [2.05, 4.69) is 15.5 Å². The van der Waals surface area contributed by atoms with Crippen LogP contribution in [-0.2, 0) is 19.1 Å². The van der Waals surface area contributed by atoms with Gasteiger partial charge in [-0.2, -0.15) is 0 Å². The fraction of sp³-hybridized carbons (Fsp3) is 0.864. The highest BCUT2D eigenvalue weighted by molar-refractivity contribution is 5.82. The molecule has 4 atom stereocenters. The molecule has 0 aromatic carbocycles. The topological polar surface area (TPSA) is 100 Å². The van der Waals surface area contributed by atoms with E-state index in [-0.39, 0.29) is 36.0 Å². The molecule has 2 heterocycles. The largest absolute Gasteiger partial charge is 0.444 e. The number of likely N-dealkylation sites (tertiary alicyclic amines) is 1. The minimum Gasteiger partial charge on any atom is -0.444 e. The summed E-state index contributed by atoms with van der Waals surface area (Å²) < 4.78 is 10.9. The fourth-order valence-electron chi connectivity index (χ4n) is 4.16. The first kappa shape index (κ1) is 25.4. The maximum atomic E-state index is 13.0. The molecule has 0 saturated carbocycles. The van der Waals surface area contributed by atoms with Crippen molar-refractivity contribution in [3.8, 4) is 0 Å². The predicted octanol–water partition coefficient (Wildman–Crippen LogP) is 1.36. The van der Waals surface area contributed by atoms with E-state index in [1.54, 1.807) is 20.8 Å². The first-order valence-corrected chi connectivity index (χ1v) is 11.4. The van der Waals surface area contributed by atoms with Crippen LogP contribution in [0.4, 0.5) is 4.79 Å². The number of amides is 3. The van der Waals surface area contributed by atoms with E-state index in [1.165, 1.54) is 0 Å². The van der Waals surface area contributed by atoms with E-state index in [0.717, 1.165) is 19.4 Å². The van der Waals surface area contributed by atoms with Crippen molar-refractivity contribution in [2.24, 2.45) is 5.92 Å². The third-order valence-corrected chi connectivity index (χ3v) is 5.55. The number of ether oxygens (including phenoxy) is 2. The molecule has 0 aromatic rings. The molecule has 4 unspecified atom stereocenters. The lowest BCUT2D eigenvalue weighted by atomic mass is 9.95. The van der Waals surface area contributed by atoms with Crippen LogP contribution in [0.25, 0.3) is 0 Å². The number of carbonyl (C=O) groups is 3. The van der Waals surface area contributed by atoms with Crippen molar-refractivity contribution in [2.75, 3.05) is 39.3 Å². The van der Waals surface area contributed by atoms with Crippen LogP contribution in [0.3, 0.4) is 0 Å². The molecule has 9 nitrogen and oxygen atoms in total. The molecular formula is C22H40N4O5. The molecule has 0 bridgehead atoms. The van der Waals surface area contributed by atoms with Gasteiger partial charge in [0.15, 0.2) is 0 Å². The minimum absolute atomic E-state index is 0.0362. The van der Waals surface area contributed by atoms with Gasteiger partial charge in [-0.05, 0) is 60.9 Å². The molecule has 2 N–H and O–H groups in total. The second-order valence-corrected chi connectivity index (χ2v) is 9.73. The van der Waals surface area contributed by atoms with Crippen molar-refractivity contribution in [1.82, 2.24) is 20.4 Å². The Kier molecular flexibility index (Phi) is 9.12. The Bertz CT molecular complexity index is 626. The number of rotatable bonds is 6. The van der Waals surface area contributed by atoms with Crippen molar-refractivity contribution < 1.29 is 23.9 Å². The number of piperidine rings is 1. The molecule has 2 fully saturated rings. The lowest BCUT2D eigenvalue weighted by Crippen LogP contribution is -2.56. The predicted molar refractivity (Wildman–Crippen MR) is 118 cm³/mol. The van der Waals surface area contributed by atoms with Gasteiger partial charge in [-0.25, -0.2) is 4.79 Å². The lowest BCUT2D eigenvalue weighted by Gasteiger charge is -2.40. The van der Waals surface area contributed by atoms with Gasteiger partial charge in [-0.3, -0.25) is 14.5 Å². The third kappa shape index (κ3) is 8.29. The normalized spacial score (nSPS) is 26.1. The van der Waals surface area contributed by atoms with E-state index in [0.29, 0.717) is 32.7 Å². The summed E-state index contributed by atoms with van der Waals surface area (Å²) in [6, 6.07) is -0.262. The fourth-order valence-corrected chi connectivity index (χ4v) is 4.16. The molecule has 2 aliphatic heterocycles. The van der Waals surface area contributed by atoms with Gasteiger partial charge in [-0.15, -0.1) is 0 Å². The first-order chi connectivity index (χ1) is 14.5. The van der Waals surface area contributed by atoms with Crippen molar-refractivity contribution in [3.05, 3.63) is 0 Å². The standard InChI is InChI=1S/C22H40N4O5/c1-15-12-26(13-16(2)30-15)20(28)17(3)25-11-7-8-18(14-25)19(27)23-9-10-24-21(29)31-22(4,5)6/h15-18H,7-14H2,1-6H3,(H,23,27)(H,24,29). The smallest absolute Gasteiger partial charge is 0.407 e. The SMILES string of the molecule is CC1CN(C(=O)C(C)N2CCCC(C(=O)NCCNC(=O)OC(C)(C)C)C2)CC(C)O1.